The van der Waals surface area contributed by atoms with E-state index in [9.17, 15) is 18.0 Å². The van der Waals surface area contributed by atoms with Gasteiger partial charge in [-0.2, -0.15) is 13.2 Å². The first-order valence-corrected chi connectivity index (χ1v) is 6.71. The van der Waals surface area contributed by atoms with Crippen molar-refractivity contribution in [3.8, 4) is 0 Å². The fraction of sp³-hybridized carbons (Fsp3) is 0.429. The van der Waals surface area contributed by atoms with Crippen LogP contribution in [0.3, 0.4) is 0 Å². The largest absolute Gasteiger partial charge is 0.416 e. The Morgan fingerprint density at radius 3 is 2.29 bits per heavy atom. The summed E-state index contributed by atoms with van der Waals surface area (Å²) in [6.45, 7) is 2.19. The van der Waals surface area contributed by atoms with Crippen molar-refractivity contribution in [2.24, 2.45) is 11.7 Å². The number of nitrogens with zero attached hydrogens (tertiary/aromatic N) is 1. The van der Waals surface area contributed by atoms with Crippen LogP contribution in [0.4, 0.5) is 13.2 Å². The second-order valence-corrected chi connectivity index (χ2v) is 5.42. The van der Waals surface area contributed by atoms with Crippen LogP contribution < -0.4 is 5.73 Å². The van der Waals surface area contributed by atoms with E-state index >= 15 is 0 Å². The Labute approximate surface area is 126 Å². The molecule has 1 rings (SSSR count). The zero-order chi connectivity index (χ0) is 16.2. The molecule has 0 aromatic heterocycles. The Hall–Kier alpha value is -1.63. The first-order valence-electron chi connectivity index (χ1n) is 6.30. The lowest BCUT2D eigenvalue weighted by Gasteiger charge is -2.21. The van der Waals surface area contributed by atoms with Crippen LogP contribution in [0.1, 0.15) is 18.1 Å². The van der Waals surface area contributed by atoms with Crippen LogP contribution in [0, 0.1) is 5.92 Å². The van der Waals surface area contributed by atoms with Gasteiger partial charge in [-0.05, 0) is 17.7 Å². The molecule has 1 atom stereocenters. The molecule has 0 bridgehead atoms. The first kappa shape index (κ1) is 17.4. The molecule has 1 amide bonds. The molecule has 0 saturated heterocycles. The standard InChI is InChI=1S/C14H17F3N2OS/c1-9(13(18)21)8-19(2)12(20)7-10-3-5-11(6-4-10)14(15,16)17/h3-6,9H,7-8H2,1-2H3,(H2,18,21). The molecular weight excluding hydrogens is 301 g/mol. The first-order chi connectivity index (χ1) is 9.61. The number of rotatable bonds is 5. The molecule has 21 heavy (non-hydrogen) atoms. The zero-order valence-corrected chi connectivity index (χ0v) is 12.6. The summed E-state index contributed by atoms with van der Waals surface area (Å²) in [6, 6.07) is 4.57. The van der Waals surface area contributed by atoms with Crippen LogP contribution >= 0.6 is 12.2 Å². The second kappa shape index (κ2) is 6.89. The van der Waals surface area contributed by atoms with E-state index in [4.69, 9.17) is 18.0 Å². The molecule has 0 fully saturated rings. The number of alkyl halides is 3. The van der Waals surface area contributed by atoms with Crippen molar-refractivity contribution >= 4 is 23.1 Å². The Morgan fingerprint density at radius 1 is 1.33 bits per heavy atom. The van der Waals surface area contributed by atoms with Crippen LogP contribution in [0.15, 0.2) is 24.3 Å². The Kier molecular flexibility index (Phi) is 5.71. The van der Waals surface area contributed by atoms with Gasteiger partial charge in [0.1, 0.15) is 0 Å². The molecule has 1 unspecified atom stereocenters. The van der Waals surface area contributed by atoms with Crippen molar-refractivity contribution in [2.75, 3.05) is 13.6 Å². The molecule has 2 N–H and O–H groups in total. The number of nitrogens with two attached hydrogens (primary N) is 1. The van der Waals surface area contributed by atoms with Crippen LogP contribution in [0.25, 0.3) is 0 Å². The molecule has 7 heteroatoms. The molecule has 0 aliphatic heterocycles. The minimum absolute atomic E-state index is 0.0404. The van der Waals surface area contributed by atoms with Gasteiger partial charge >= 0.3 is 6.18 Å². The number of halogens is 3. The van der Waals surface area contributed by atoms with E-state index in [1.165, 1.54) is 17.0 Å². The molecule has 0 radical (unpaired) electrons. The molecule has 0 spiro atoms. The third kappa shape index (κ3) is 5.34. The summed E-state index contributed by atoms with van der Waals surface area (Å²) in [7, 11) is 1.61. The molecule has 0 saturated carbocycles. The van der Waals surface area contributed by atoms with Gasteiger partial charge in [-0.1, -0.05) is 31.3 Å². The zero-order valence-electron chi connectivity index (χ0n) is 11.8. The van der Waals surface area contributed by atoms with E-state index in [1.54, 1.807) is 7.05 Å². The van der Waals surface area contributed by atoms with Crippen LogP contribution in [-0.4, -0.2) is 29.4 Å². The highest BCUT2D eigenvalue weighted by Crippen LogP contribution is 2.29. The van der Waals surface area contributed by atoms with Gasteiger partial charge in [0, 0.05) is 19.5 Å². The molecule has 3 nitrogen and oxygen atoms in total. The molecule has 0 aliphatic rings. The van der Waals surface area contributed by atoms with E-state index in [0.29, 0.717) is 17.1 Å². The number of likely N-dealkylation sites (N-methyl/N-ethyl adjacent to an activating group) is 1. The Bertz CT molecular complexity index is 514. The predicted octanol–water partition coefficient (Wildman–Crippen LogP) is 2.63. The predicted molar refractivity (Wildman–Crippen MR) is 78.7 cm³/mol. The van der Waals surface area contributed by atoms with E-state index in [0.717, 1.165) is 12.1 Å². The SMILES string of the molecule is CC(CN(C)C(=O)Cc1ccc(C(F)(F)F)cc1)C(N)=S. The van der Waals surface area contributed by atoms with E-state index < -0.39 is 11.7 Å². The lowest BCUT2D eigenvalue weighted by molar-refractivity contribution is -0.137. The highest BCUT2D eigenvalue weighted by atomic mass is 32.1. The van der Waals surface area contributed by atoms with Crippen molar-refractivity contribution < 1.29 is 18.0 Å². The van der Waals surface area contributed by atoms with Gasteiger partial charge in [0.2, 0.25) is 5.91 Å². The number of carbonyl (C=O) groups excluding carboxylic acids is 1. The number of thiocarbonyl (C=S) groups is 1. The summed E-state index contributed by atoms with van der Waals surface area (Å²) in [4.78, 5) is 13.8. The van der Waals surface area contributed by atoms with E-state index in [2.05, 4.69) is 0 Å². The molecule has 1 aromatic carbocycles. The van der Waals surface area contributed by atoms with E-state index in [-0.39, 0.29) is 18.2 Å². The summed E-state index contributed by atoms with van der Waals surface area (Å²) < 4.78 is 37.3. The number of carbonyl (C=O) groups is 1. The number of hydrogen-bond acceptors (Lipinski definition) is 2. The Balaban J connectivity index is 2.64. The van der Waals surface area contributed by atoms with Gasteiger partial charge < -0.3 is 10.6 Å². The minimum Gasteiger partial charge on any atom is -0.393 e. The average Bonchev–Trinajstić information content (AvgIpc) is 2.37. The molecular formula is C14H17F3N2OS. The third-order valence-electron chi connectivity index (χ3n) is 3.10. The second-order valence-electron chi connectivity index (χ2n) is 4.95. The van der Waals surface area contributed by atoms with Gasteiger partial charge in [-0.25, -0.2) is 0 Å². The van der Waals surface area contributed by atoms with Gasteiger partial charge in [0.25, 0.3) is 0 Å². The summed E-state index contributed by atoms with van der Waals surface area (Å²) >= 11 is 4.84. The van der Waals surface area contributed by atoms with Crippen LogP contribution in [-0.2, 0) is 17.4 Å². The van der Waals surface area contributed by atoms with Crippen molar-refractivity contribution in [1.82, 2.24) is 4.90 Å². The topological polar surface area (TPSA) is 46.3 Å². The van der Waals surface area contributed by atoms with Crippen molar-refractivity contribution in [3.05, 3.63) is 35.4 Å². The van der Waals surface area contributed by atoms with Crippen molar-refractivity contribution in [1.29, 1.82) is 0 Å². The lowest BCUT2D eigenvalue weighted by atomic mass is 10.1. The quantitative estimate of drug-likeness (QED) is 0.849. The van der Waals surface area contributed by atoms with Gasteiger partial charge in [-0.15, -0.1) is 0 Å². The fourth-order valence-corrected chi connectivity index (χ4v) is 1.80. The highest BCUT2D eigenvalue weighted by molar-refractivity contribution is 7.80. The summed E-state index contributed by atoms with van der Waals surface area (Å²) in [5.41, 5.74) is 5.28. The van der Waals surface area contributed by atoms with Gasteiger partial charge in [0.05, 0.1) is 17.0 Å². The minimum atomic E-state index is -4.37. The monoisotopic (exact) mass is 318 g/mol. The molecule has 0 aliphatic carbocycles. The maximum Gasteiger partial charge on any atom is 0.416 e. The maximum absolute atomic E-state index is 12.4. The summed E-state index contributed by atoms with van der Waals surface area (Å²) in [5.74, 6) is -0.306. The summed E-state index contributed by atoms with van der Waals surface area (Å²) in [5, 5.41) is 0. The smallest absolute Gasteiger partial charge is 0.393 e. The van der Waals surface area contributed by atoms with Crippen molar-refractivity contribution in [2.45, 2.75) is 19.5 Å². The van der Waals surface area contributed by atoms with Crippen molar-refractivity contribution in [3.63, 3.8) is 0 Å². The van der Waals surface area contributed by atoms with E-state index in [1.807, 2.05) is 6.92 Å². The fourth-order valence-electron chi connectivity index (χ4n) is 1.72. The van der Waals surface area contributed by atoms with Crippen LogP contribution in [0.5, 0.6) is 0 Å². The van der Waals surface area contributed by atoms with Gasteiger partial charge in [-0.3, -0.25) is 4.79 Å². The normalized spacial score (nSPS) is 12.8. The number of hydrogen-bond donors (Lipinski definition) is 1. The lowest BCUT2D eigenvalue weighted by Crippen LogP contribution is -2.36. The average molecular weight is 318 g/mol. The summed E-state index contributed by atoms with van der Waals surface area (Å²) in [6.07, 6.45) is -4.33. The Morgan fingerprint density at radius 2 is 1.86 bits per heavy atom. The molecule has 0 heterocycles. The number of amides is 1. The number of benzene rings is 1. The maximum atomic E-state index is 12.4. The molecule has 116 valence electrons. The molecule has 1 aromatic rings. The van der Waals surface area contributed by atoms with Crippen LogP contribution in [0.2, 0.25) is 0 Å². The highest BCUT2D eigenvalue weighted by Gasteiger charge is 2.30. The third-order valence-corrected chi connectivity index (χ3v) is 3.50. The van der Waals surface area contributed by atoms with Gasteiger partial charge in [0.15, 0.2) is 0 Å².